The van der Waals surface area contributed by atoms with Crippen molar-refractivity contribution in [2.75, 3.05) is 7.11 Å². The lowest BCUT2D eigenvalue weighted by Crippen LogP contribution is -2.15. The van der Waals surface area contributed by atoms with Gasteiger partial charge in [-0.2, -0.15) is 10.2 Å². The lowest BCUT2D eigenvalue weighted by atomic mass is 10.1. The van der Waals surface area contributed by atoms with Crippen LogP contribution >= 0.6 is 0 Å². The highest BCUT2D eigenvalue weighted by atomic mass is 16.5. The molecule has 0 atom stereocenters. The van der Waals surface area contributed by atoms with Crippen LogP contribution in [0.1, 0.15) is 17.2 Å². The Bertz CT molecular complexity index is 1240. The van der Waals surface area contributed by atoms with Gasteiger partial charge in [0, 0.05) is 24.9 Å². The zero-order valence-electron chi connectivity index (χ0n) is 15.9. The molecule has 0 bridgehead atoms. The number of H-pyrrole nitrogens is 1. The standard InChI is InChI=1S/C18H19N7O3/c1-9-14(15(24(3)22-9)11-5-6-13(28-4)19-7-11)17-21-12(8-26)16-18(27)20-10(2)23-25(16)17/h5-7,26H,8H2,1-4H3,(H,20,23,27). The molecule has 4 aromatic heterocycles. The smallest absolute Gasteiger partial charge is 0.277 e. The molecule has 0 aliphatic carbocycles. The zero-order valence-corrected chi connectivity index (χ0v) is 15.9. The molecular weight excluding hydrogens is 362 g/mol. The van der Waals surface area contributed by atoms with Crippen molar-refractivity contribution in [3.8, 4) is 28.5 Å². The summed E-state index contributed by atoms with van der Waals surface area (Å²) in [5.74, 6) is 1.38. The Kier molecular flexibility index (Phi) is 4.19. The van der Waals surface area contributed by atoms with Crippen LogP contribution in [0.4, 0.5) is 0 Å². The molecule has 4 heterocycles. The highest BCUT2D eigenvalue weighted by Gasteiger charge is 2.24. The third-order valence-electron chi connectivity index (χ3n) is 4.50. The molecule has 0 fully saturated rings. The number of nitrogens with zero attached hydrogens (tertiary/aromatic N) is 6. The lowest BCUT2D eigenvalue weighted by Gasteiger charge is -2.07. The quantitative estimate of drug-likeness (QED) is 0.540. The Hall–Kier alpha value is -3.53. The van der Waals surface area contributed by atoms with Crippen LogP contribution in [0.3, 0.4) is 0 Å². The molecule has 0 unspecified atom stereocenters. The van der Waals surface area contributed by atoms with Crippen molar-refractivity contribution in [1.29, 1.82) is 0 Å². The number of rotatable bonds is 4. The number of methoxy groups -OCH3 is 1. The Balaban J connectivity index is 2.04. The molecule has 0 saturated heterocycles. The second kappa shape index (κ2) is 6.57. The Morgan fingerprint density at radius 1 is 1.25 bits per heavy atom. The minimum absolute atomic E-state index is 0.213. The molecule has 0 radical (unpaired) electrons. The maximum Gasteiger partial charge on any atom is 0.277 e. The van der Waals surface area contributed by atoms with Gasteiger partial charge >= 0.3 is 0 Å². The van der Waals surface area contributed by atoms with E-state index in [1.807, 2.05) is 20.0 Å². The summed E-state index contributed by atoms with van der Waals surface area (Å²) in [6, 6.07) is 3.64. The highest BCUT2D eigenvalue weighted by molar-refractivity contribution is 5.81. The number of ether oxygens (including phenoxy) is 1. The Labute approximate surface area is 159 Å². The van der Waals surface area contributed by atoms with E-state index in [2.05, 4.69) is 25.1 Å². The van der Waals surface area contributed by atoms with Gasteiger partial charge < -0.3 is 14.8 Å². The largest absolute Gasteiger partial charge is 0.481 e. The SMILES string of the molecule is COc1ccc(-c2c(-c3nc(CO)c4c(=O)[nH]c(C)nn34)c(C)nn2C)cn1. The lowest BCUT2D eigenvalue weighted by molar-refractivity contribution is 0.279. The van der Waals surface area contributed by atoms with E-state index in [9.17, 15) is 9.90 Å². The zero-order chi connectivity index (χ0) is 20.0. The molecule has 0 aromatic carbocycles. The molecule has 0 spiro atoms. The first kappa shape index (κ1) is 17.9. The minimum atomic E-state index is -0.379. The van der Waals surface area contributed by atoms with Crippen LogP contribution in [0, 0.1) is 13.8 Å². The number of pyridine rings is 1. The minimum Gasteiger partial charge on any atom is -0.481 e. The number of aliphatic hydroxyl groups excluding tert-OH is 1. The third-order valence-corrected chi connectivity index (χ3v) is 4.50. The third kappa shape index (κ3) is 2.65. The molecule has 10 heteroatoms. The fourth-order valence-corrected chi connectivity index (χ4v) is 3.35. The van der Waals surface area contributed by atoms with E-state index in [-0.39, 0.29) is 23.4 Å². The maximum absolute atomic E-state index is 12.4. The van der Waals surface area contributed by atoms with E-state index in [0.29, 0.717) is 28.8 Å². The molecule has 10 nitrogen and oxygen atoms in total. The van der Waals surface area contributed by atoms with Crippen LogP contribution in [0.5, 0.6) is 5.88 Å². The number of hydrogen-bond donors (Lipinski definition) is 2. The van der Waals surface area contributed by atoms with E-state index >= 15 is 0 Å². The van der Waals surface area contributed by atoms with Crippen molar-refractivity contribution < 1.29 is 9.84 Å². The number of imidazole rings is 1. The molecule has 0 saturated carbocycles. The van der Waals surface area contributed by atoms with Gasteiger partial charge in [-0.3, -0.25) is 9.48 Å². The molecule has 0 amide bonds. The van der Waals surface area contributed by atoms with Gasteiger partial charge in [0.1, 0.15) is 5.82 Å². The van der Waals surface area contributed by atoms with Gasteiger partial charge in [-0.1, -0.05) is 0 Å². The molecule has 2 N–H and O–H groups in total. The summed E-state index contributed by atoms with van der Waals surface area (Å²) < 4.78 is 8.32. The van der Waals surface area contributed by atoms with E-state index in [0.717, 1.165) is 11.3 Å². The van der Waals surface area contributed by atoms with Gasteiger partial charge in [0.25, 0.3) is 5.56 Å². The van der Waals surface area contributed by atoms with Crippen LogP contribution in [0.2, 0.25) is 0 Å². The molecule has 4 rings (SSSR count). The van der Waals surface area contributed by atoms with Gasteiger partial charge in [0.15, 0.2) is 11.3 Å². The first-order chi connectivity index (χ1) is 13.4. The second-order valence-electron chi connectivity index (χ2n) is 6.36. The summed E-state index contributed by atoms with van der Waals surface area (Å²) in [5, 5.41) is 18.6. The molecule has 4 aromatic rings. The predicted octanol–water partition coefficient (Wildman–Crippen LogP) is 0.998. The Morgan fingerprint density at radius 3 is 2.68 bits per heavy atom. The van der Waals surface area contributed by atoms with Crippen molar-refractivity contribution in [3.05, 3.63) is 45.9 Å². The van der Waals surface area contributed by atoms with Crippen LogP contribution in [-0.2, 0) is 13.7 Å². The van der Waals surface area contributed by atoms with Crippen molar-refractivity contribution in [2.45, 2.75) is 20.5 Å². The normalized spacial score (nSPS) is 11.3. The maximum atomic E-state index is 12.4. The van der Waals surface area contributed by atoms with E-state index in [1.165, 1.54) is 4.52 Å². The fraction of sp³-hybridized carbons (Fsp3) is 0.278. The van der Waals surface area contributed by atoms with Gasteiger partial charge in [-0.05, 0) is 19.9 Å². The first-order valence-electron chi connectivity index (χ1n) is 8.58. The average Bonchev–Trinajstić information content (AvgIpc) is 3.18. The van der Waals surface area contributed by atoms with Crippen LogP contribution < -0.4 is 10.3 Å². The average molecular weight is 381 g/mol. The van der Waals surface area contributed by atoms with Gasteiger partial charge in [0.2, 0.25) is 5.88 Å². The van der Waals surface area contributed by atoms with E-state index in [4.69, 9.17) is 4.74 Å². The number of aryl methyl sites for hydroxylation is 3. The molecule has 0 aliphatic rings. The number of fused-ring (bicyclic) bond motifs is 1. The van der Waals surface area contributed by atoms with Crippen LogP contribution in [-0.4, -0.2) is 46.6 Å². The van der Waals surface area contributed by atoms with E-state index < -0.39 is 0 Å². The summed E-state index contributed by atoms with van der Waals surface area (Å²) in [6.07, 6.45) is 1.69. The van der Waals surface area contributed by atoms with Crippen molar-refractivity contribution in [1.82, 2.24) is 34.3 Å². The summed E-state index contributed by atoms with van der Waals surface area (Å²) >= 11 is 0. The fourth-order valence-electron chi connectivity index (χ4n) is 3.35. The van der Waals surface area contributed by atoms with Gasteiger partial charge in [0.05, 0.1) is 36.4 Å². The monoisotopic (exact) mass is 381 g/mol. The second-order valence-corrected chi connectivity index (χ2v) is 6.36. The Morgan fingerprint density at radius 2 is 2.04 bits per heavy atom. The van der Waals surface area contributed by atoms with Gasteiger partial charge in [-0.15, -0.1) is 0 Å². The summed E-state index contributed by atoms with van der Waals surface area (Å²) in [6.45, 7) is 3.17. The van der Waals surface area contributed by atoms with Crippen molar-refractivity contribution in [3.63, 3.8) is 0 Å². The van der Waals surface area contributed by atoms with Gasteiger partial charge in [-0.25, -0.2) is 14.5 Å². The van der Waals surface area contributed by atoms with Crippen LogP contribution in [0.25, 0.3) is 28.2 Å². The number of aromatic amines is 1. The summed E-state index contributed by atoms with van der Waals surface area (Å²) in [5.41, 5.74) is 3.11. The number of hydrogen-bond acceptors (Lipinski definition) is 7. The van der Waals surface area contributed by atoms with E-state index in [1.54, 1.807) is 31.0 Å². The number of nitrogens with one attached hydrogen (secondary N) is 1. The van der Waals surface area contributed by atoms with Crippen molar-refractivity contribution >= 4 is 5.52 Å². The van der Waals surface area contributed by atoms with Crippen molar-refractivity contribution in [2.24, 2.45) is 7.05 Å². The van der Waals surface area contributed by atoms with Crippen LogP contribution in [0.15, 0.2) is 23.1 Å². The number of aromatic nitrogens is 7. The molecular formula is C18H19N7O3. The number of aliphatic hydroxyl groups is 1. The predicted molar refractivity (Wildman–Crippen MR) is 101 cm³/mol. The summed E-state index contributed by atoms with van der Waals surface area (Å²) in [7, 11) is 3.38. The molecule has 0 aliphatic heterocycles. The summed E-state index contributed by atoms with van der Waals surface area (Å²) in [4.78, 5) is 23.9. The molecule has 144 valence electrons. The molecule has 28 heavy (non-hydrogen) atoms. The first-order valence-corrected chi connectivity index (χ1v) is 8.58. The topological polar surface area (TPSA) is 123 Å². The highest BCUT2D eigenvalue weighted by Crippen LogP contribution is 2.34.